The summed E-state index contributed by atoms with van der Waals surface area (Å²) in [5, 5.41) is 2.44. The van der Waals surface area contributed by atoms with E-state index < -0.39 is 21.6 Å². The van der Waals surface area contributed by atoms with Crippen LogP contribution in [-0.2, 0) is 14.6 Å². The molecule has 0 bridgehead atoms. The number of anilines is 1. The maximum absolute atomic E-state index is 12.9. The fourth-order valence-electron chi connectivity index (χ4n) is 1.82. The molecule has 1 aromatic rings. The second-order valence-electron chi connectivity index (χ2n) is 4.22. The largest absolute Gasteiger partial charge is 0.326 e. The van der Waals surface area contributed by atoms with Crippen LogP contribution < -0.4 is 5.32 Å². The Morgan fingerprint density at radius 2 is 2.17 bits per heavy atom. The Bertz CT molecular complexity index is 588. The van der Waals surface area contributed by atoms with E-state index in [0.717, 1.165) is 6.07 Å². The molecule has 1 aliphatic rings. The van der Waals surface area contributed by atoms with Gasteiger partial charge in [0.1, 0.15) is 5.82 Å². The van der Waals surface area contributed by atoms with Crippen LogP contribution in [0.4, 0.5) is 10.1 Å². The first-order valence-corrected chi connectivity index (χ1v) is 7.54. The SMILES string of the molecule is O=C(Nc1ccc(F)c(Cl)c1)[C@H]1CCS(=O)(=O)C1. The minimum atomic E-state index is -3.09. The van der Waals surface area contributed by atoms with Crippen LogP contribution in [0, 0.1) is 11.7 Å². The summed E-state index contributed by atoms with van der Waals surface area (Å²) < 4.78 is 35.4. The van der Waals surface area contributed by atoms with Gasteiger partial charge in [-0.25, -0.2) is 12.8 Å². The molecular weight excluding hydrogens is 281 g/mol. The number of hydrogen-bond acceptors (Lipinski definition) is 3. The van der Waals surface area contributed by atoms with Gasteiger partial charge in [0.05, 0.1) is 22.4 Å². The molecule has 98 valence electrons. The number of amides is 1. The van der Waals surface area contributed by atoms with Crippen molar-refractivity contribution in [3.8, 4) is 0 Å². The average molecular weight is 292 g/mol. The highest BCUT2D eigenvalue weighted by atomic mass is 35.5. The van der Waals surface area contributed by atoms with Crippen molar-refractivity contribution in [3.63, 3.8) is 0 Å². The molecule has 1 N–H and O–H groups in total. The summed E-state index contributed by atoms with van der Waals surface area (Å²) in [4.78, 5) is 11.8. The van der Waals surface area contributed by atoms with Gasteiger partial charge in [0, 0.05) is 5.69 Å². The second kappa shape index (κ2) is 4.85. The van der Waals surface area contributed by atoms with Gasteiger partial charge in [-0.05, 0) is 24.6 Å². The highest BCUT2D eigenvalue weighted by molar-refractivity contribution is 7.91. The van der Waals surface area contributed by atoms with Crippen molar-refractivity contribution < 1.29 is 17.6 Å². The predicted molar refractivity (Wildman–Crippen MR) is 66.8 cm³/mol. The maximum Gasteiger partial charge on any atom is 0.228 e. The Morgan fingerprint density at radius 1 is 1.44 bits per heavy atom. The van der Waals surface area contributed by atoms with Gasteiger partial charge in [-0.15, -0.1) is 0 Å². The zero-order chi connectivity index (χ0) is 13.3. The average Bonchev–Trinajstić information content (AvgIpc) is 2.64. The first-order chi connectivity index (χ1) is 8.37. The van der Waals surface area contributed by atoms with Crippen LogP contribution in [0.15, 0.2) is 18.2 Å². The molecule has 2 rings (SSSR count). The van der Waals surface area contributed by atoms with Gasteiger partial charge in [-0.3, -0.25) is 4.79 Å². The summed E-state index contributed by atoms with van der Waals surface area (Å²) in [5.74, 6) is -1.58. The Hall–Kier alpha value is -1.14. The summed E-state index contributed by atoms with van der Waals surface area (Å²) in [7, 11) is -3.09. The van der Waals surface area contributed by atoms with E-state index in [2.05, 4.69) is 5.32 Å². The van der Waals surface area contributed by atoms with E-state index in [9.17, 15) is 17.6 Å². The fourth-order valence-corrected chi connectivity index (χ4v) is 3.74. The monoisotopic (exact) mass is 291 g/mol. The molecular formula is C11H11ClFNO3S. The molecule has 1 aliphatic heterocycles. The normalized spacial score (nSPS) is 21.8. The van der Waals surface area contributed by atoms with Crippen molar-refractivity contribution in [2.24, 2.45) is 5.92 Å². The minimum Gasteiger partial charge on any atom is -0.326 e. The number of sulfone groups is 1. The molecule has 7 heteroatoms. The van der Waals surface area contributed by atoms with E-state index in [1.165, 1.54) is 12.1 Å². The summed E-state index contributed by atoms with van der Waals surface area (Å²) in [6.07, 6.45) is 0.323. The third-order valence-corrected chi connectivity index (χ3v) is 4.85. The number of rotatable bonds is 2. The summed E-state index contributed by atoms with van der Waals surface area (Å²) in [6.45, 7) is 0. The topological polar surface area (TPSA) is 63.2 Å². The highest BCUT2D eigenvalue weighted by Crippen LogP contribution is 2.23. The number of carbonyl (C=O) groups excluding carboxylic acids is 1. The number of nitrogens with one attached hydrogen (secondary N) is 1. The van der Waals surface area contributed by atoms with Gasteiger partial charge >= 0.3 is 0 Å². The predicted octanol–water partition coefficient (Wildman–Crippen LogP) is 1.85. The summed E-state index contributed by atoms with van der Waals surface area (Å²) in [6, 6.07) is 3.81. The summed E-state index contributed by atoms with van der Waals surface area (Å²) >= 11 is 5.58. The third kappa shape index (κ3) is 3.00. The van der Waals surface area contributed by atoms with Crippen molar-refractivity contribution in [1.29, 1.82) is 0 Å². The van der Waals surface area contributed by atoms with E-state index in [0.29, 0.717) is 12.1 Å². The maximum atomic E-state index is 12.9. The molecule has 0 spiro atoms. The molecule has 0 unspecified atom stereocenters. The van der Waals surface area contributed by atoms with E-state index in [1.807, 2.05) is 0 Å². The molecule has 1 fully saturated rings. The van der Waals surface area contributed by atoms with Crippen LogP contribution in [0.5, 0.6) is 0 Å². The number of benzene rings is 1. The molecule has 1 aromatic carbocycles. The molecule has 1 heterocycles. The lowest BCUT2D eigenvalue weighted by Gasteiger charge is -2.09. The lowest BCUT2D eigenvalue weighted by Crippen LogP contribution is -2.23. The van der Waals surface area contributed by atoms with Crippen molar-refractivity contribution in [2.45, 2.75) is 6.42 Å². The van der Waals surface area contributed by atoms with Crippen LogP contribution in [0.1, 0.15) is 6.42 Å². The first kappa shape index (κ1) is 13.3. The smallest absolute Gasteiger partial charge is 0.228 e. The molecule has 0 aromatic heterocycles. The fraction of sp³-hybridized carbons (Fsp3) is 0.364. The van der Waals surface area contributed by atoms with Gasteiger partial charge in [0.25, 0.3) is 0 Å². The summed E-state index contributed by atoms with van der Waals surface area (Å²) in [5.41, 5.74) is 0.357. The van der Waals surface area contributed by atoms with Crippen molar-refractivity contribution in [1.82, 2.24) is 0 Å². The molecule has 1 saturated heterocycles. The first-order valence-electron chi connectivity index (χ1n) is 5.34. The number of carbonyl (C=O) groups is 1. The van der Waals surface area contributed by atoms with Crippen LogP contribution >= 0.6 is 11.6 Å². The zero-order valence-corrected chi connectivity index (χ0v) is 10.9. The Kier molecular flexibility index (Phi) is 3.59. The zero-order valence-electron chi connectivity index (χ0n) is 9.32. The molecule has 0 saturated carbocycles. The van der Waals surface area contributed by atoms with E-state index in [4.69, 9.17) is 11.6 Å². The molecule has 1 atom stereocenters. The third-order valence-electron chi connectivity index (χ3n) is 2.79. The molecule has 0 radical (unpaired) electrons. The van der Waals surface area contributed by atoms with Gasteiger partial charge in [-0.2, -0.15) is 0 Å². The Labute approximate surface area is 109 Å². The van der Waals surface area contributed by atoms with Crippen LogP contribution in [-0.4, -0.2) is 25.8 Å². The van der Waals surface area contributed by atoms with Crippen molar-refractivity contribution in [3.05, 3.63) is 29.0 Å². The molecule has 0 aliphatic carbocycles. The number of halogens is 2. The molecule has 4 nitrogen and oxygen atoms in total. The second-order valence-corrected chi connectivity index (χ2v) is 6.85. The Morgan fingerprint density at radius 3 is 2.72 bits per heavy atom. The van der Waals surface area contributed by atoms with Crippen LogP contribution in [0.25, 0.3) is 0 Å². The molecule has 1 amide bonds. The Balaban J connectivity index is 2.06. The van der Waals surface area contributed by atoms with Crippen molar-refractivity contribution >= 4 is 33.0 Å². The van der Waals surface area contributed by atoms with E-state index >= 15 is 0 Å². The minimum absolute atomic E-state index is 0.0370. The molecule has 18 heavy (non-hydrogen) atoms. The highest BCUT2D eigenvalue weighted by Gasteiger charge is 2.32. The van der Waals surface area contributed by atoms with Gasteiger partial charge < -0.3 is 5.32 Å². The van der Waals surface area contributed by atoms with Gasteiger partial charge in [0.15, 0.2) is 9.84 Å². The van der Waals surface area contributed by atoms with Crippen LogP contribution in [0.3, 0.4) is 0 Å². The van der Waals surface area contributed by atoms with Crippen LogP contribution in [0.2, 0.25) is 5.02 Å². The van der Waals surface area contributed by atoms with Crippen molar-refractivity contribution in [2.75, 3.05) is 16.8 Å². The van der Waals surface area contributed by atoms with E-state index in [-0.39, 0.29) is 22.4 Å². The van der Waals surface area contributed by atoms with Gasteiger partial charge in [-0.1, -0.05) is 11.6 Å². The lowest BCUT2D eigenvalue weighted by atomic mass is 10.1. The van der Waals surface area contributed by atoms with E-state index in [1.54, 1.807) is 0 Å². The number of hydrogen-bond donors (Lipinski definition) is 1. The standard InChI is InChI=1S/C11H11ClFNO3S/c12-9-5-8(1-2-10(9)13)14-11(15)7-3-4-18(16,17)6-7/h1-2,5,7H,3-4,6H2,(H,14,15)/t7-/m0/s1. The lowest BCUT2D eigenvalue weighted by molar-refractivity contribution is -0.119. The quantitative estimate of drug-likeness (QED) is 0.904. The van der Waals surface area contributed by atoms with Gasteiger partial charge in [0.2, 0.25) is 5.91 Å².